The van der Waals surface area contributed by atoms with Crippen molar-refractivity contribution in [3.63, 3.8) is 0 Å². The topological polar surface area (TPSA) is 69.7 Å². The second-order valence-electron chi connectivity index (χ2n) is 7.51. The SMILES string of the molecule is CCCCN1C[C@@H](C(=O)Nc2ccc(C(=O)N3CCCCC3)cc2)CC1=O. The first-order chi connectivity index (χ1) is 13.1. The number of anilines is 1. The predicted octanol–water partition coefficient (Wildman–Crippen LogP) is 2.90. The minimum atomic E-state index is -0.302. The number of likely N-dealkylation sites (tertiary alicyclic amines) is 2. The van der Waals surface area contributed by atoms with E-state index in [4.69, 9.17) is 0 Å². The highest BCUT2D eigenvalue weighted by Crippen LogP contribution is 2.21. The predicted molar refractivity (Wildman–Crippen MR) is 104 cm³/mol. The van der Waals surface area contributed by atoms with Crippen LogP contribution in [-0.4, -0.2) is 53.7 Å². The van der Waals surface area contributed by atoms with Gasteiger partial charge >= 0.3 is 0 Å². The fourth-order valence-corrected chi connectivity index (χ4v) is 3.73. The molecule has 2 heterocycles. The molecular formula is C21H29N3O3. The molecule has 3 amide bonds. The zero-order valence-electron chi connectivity index (χ0n) is 16.1. The summed E-state index contributed by atoms with van der Waals surface area (Å²) in [6, 6.07) is 7.06. The Bertz CT molecular complexity index is 680. The van der Waals surface area contributed by atoms with Crippen LogP contribution in [0.3, 0.4) is 0 Å². The first kappa shape index (κ1) is 19.4. The molecule has 0 bridgehead atoms. The summed E-state index contributed by atoms with van der Waals surface area (Å²) in [5.41, 5.74) is 1.31. The number of rotatable bonds is 6. The van der Waals surface area contributed by atoms with Gasteiger partial charge in [0.1, 0.15) is 0 Å². The van der Waals surface area contributed by atoms with Crippen molar-refractivity contribution < 1.29 is 14.4 Å². The number of benzene rings is 1. The average molecular weight is 371 g/mol. The van der Waals surface area contributed by atoms with E-state index in [1.54, 1.807) is 29.2 Å². The van der Waals surface area contributed by atoms with Crippen molar-refractivity contribution in [2.24, 2.45) is 5.92 Å². The number of nitrogens with zero attached hydrogens (tertiary/aromatic N) is 2. The molecule has 0 aromatic heterocycles. The van der Waals surface area contributed by atoms with Crippen LogP contribution in [0.15, 0.2) is 24.3 Å². The van der Waals surface area contributed by atoms with E-state index in [1.807, 2.05) is 4.90 Å². The molecule has 2 saturated heterocycles. The van der Waals surface area contributed by atoms with Gasteiger partial charge in [0.2, 0.25) is 11.8 Å². The van der Waals surface area contributed by atoms with Gasteiger partial charge in [-0.25, -0.2) is 0 Å². The van der Waals surface area contributed by atoms with Crippen molar-refractivity contribution in [1.82, 2.24) is 9.80 Å². The van der Waals surface area contributed by atoms with Crippen LogP contribution >= 0.6 is 0 Å². The van der Waals surface area contributed by atoms with Gasteiger partial charge in [-0.3, -0.25) is 14.4 Å². The molecule has 0 saturated carbocycles. The van der Waals surface area contributed by atoms with E-state index >= 15 is 0 Å². The summed E-state index contributed by atoms with van der Waals surface area (Å²) in [7, 11) is 0. The van der Waals surface area contributed by atoms with Crippen molar-refractivity contribution in [3.05, 3.63) is 29.8 Å². The third kappa shape index (κ3) is 4.87. The second kappa shape index (κ2) is 9.02. The number of nitrogens with one attached hydrogen (secondary N) is 1. The summed E-state index contributed by atoms with van der Waals surface area (Å²) in [5, 5.41) is 2.88. The molecule has 2 fully saturated rings. The Morgan fingerprint density at radius 2 is 1.81 bits per heavy atom. The Morgan fingerprint density at radius 1 is 1.11 bits per heavy atom. The van der Waals surface area contributed by atoms with Crippen LogP contribution < -0.4 is 5.32 Å². The molecule has 146 valence electrons. The molecule has 27 heavy (non-hydrogen) atoms. The van der Waals surface area contributed by atoms with Gasteiger partial charge in [-0.1, -0.05) is 13.3 Å². The zero-order chi connectivity index (χ0) is 19.2. The van der Waals surface area contributed by atoms with Crippen molar-refractivity contribution in [2.45, 2.75) is 45.4 Å². The summed E-state index contributed by atoms with van der Waals surface area (Å²) < 4.78 is 0. The van der Waals surface area contributed by atoms with Crippen LogP contribution in [0.5, 0.6) is 0 Å². The van der Waals surface area contributed by atoms with Gasteiger partial charge in [0, 0.05) is 43.9 Å². The molecule has 0 aliphatic carbocycles. The van der Waals surface area contributed by atoms with Gasteiger partial charge < -0.3 is 15.1 Å². The van der Waals surface area contributed by atoms with Gasteiger partial charge in [-0.15, -0.1) is 0 Å². The maximum Gasteiger partial charge on any atom is 0.253 e. The van der Waals surface area contributed by atoms with Crippen molar-refractivity contribution in [3.8, 4) is 0 Å². The molecule has 6 heteroatoms. The molecule has 2 aliphatic rings. The van der Waals surface area contributed by atoms with Crippen LogP contribution in [0.1, 0.15) is 55.8 Å². The van der Waals surface area contributed by atoms with Crippen LogP contribution in [0.4, 0.5) is 5.69 Å². The Balaban J connectivity index is 1.54. The molecule has 1 aromatic rings. The minimum Gasteiger partial charge on any atom is -0.342 e. The summed E-state index contributed by atoms with van der Waals surface area (Å²) in [5.74, 6) is -0.312. The molecule has 1 N–H and O–H groups in total. The molecule has 0 spiro atoms. The smallest absolute Gasteiger partial charge is 0.253 e. The Kier molecular flexibility index (Phi) is 6.48. The van der Waals surface area contributed by atoms with Gasteiger partial charge in [0.05, 0.1) is 5.92 Å². The zero-order valence-corrected chi connectivity index (χ0v) is 16.1. The van der Waals surface area contributed by atoms with Gasteiger partial charge in [0.25, 0.3) is 5.91 Å². The normalized spacial score (nSPS) is 20.0. The third-order valence-electron chi connectivity index (χ3n) is 5.41. The highest BCUT2D eigenvalue weighted by molar-refractivity contribution is 5.98. The molecule has 1 atom stereocenters. The number of unbranched alkanes of at least 4 members (excludes halogenated alkanes) is 1. The van der Waals surface area contributed by atoms with Crippen molar-refractivity contribution >= 4 is 23.4 Å². The first-order valence-corrected chi connectivity index (χ1v) is 10.1. The molecular weight excluding hydrogens is 342 g/mol. The quantitative estimate of drug-likeness (QED) is 0.836. The van der Waals surface area contributed by atoms with Crippen LogP contribution in [0, 0.1) is 5.92 Å². The second-order valence-corrected chi connectivity index (χ2v) is 7.51. The largest absolute Gasteiger partial charge is 0.342 e. The van der Waals surface area contributed by atoms with E-state index in [1.165, 1.54) is 6.42 Å². The Labute approximate surface area is 160 Å². The summed E-state index contributed by atoms with van der Waals surface area (Å²) >= 11 is 0. The van der Waals surface area contributed by atoms with E-state index in [9.17, 15) is 14.4 Å². The lowest BCUT2D eigenvalue weighted by Gasteiger charge is -2.26. The van der Waals surface area contributed by atoms with E-state index in [-0.39, 0.29) is 30.1 Å². The highest BCUT2D eigenvalue weighted by atomic mass is 16.2. The molecule has 0 unspecified atom stereocenters. The number of piperidine rings is 1. The number of carbonyl (C=O) groups excluding carboxylic acids is 3. The lowest BCUT2D eigenvalue weighted by atomic mass is 10.1. The van der Waals surface area contributed by atoms with E-state index < -0.39 is 0 Å². The van der Waals surface area contributed by atoms with Gasteiger partial charge in [-0.2, -0.15) is 0 Å². The molecule has 6 nitrogen and oxygen atoms in total. The maximum absolute atomic E-state index is 12.5. The lowest BCUT2D eigenvalue weighted by Crippen LogP contribution is -2.35. The first-order valence-electron chi connectivity index (χ1n) is 10.1. The van der Waals surface area contributed by atoms with Gasteiger partial charge in [-0.05, 0) is 49.9 Å². The number of hydrogen-bond acceptors (Lipinski definition) is 3. The summed E-state index contributed by atoms with van der Waals surface area (Å²) in [4.78, 5) is 40.7. The standard InChI is InChI=1S/C21H29N3O3/c1-2-3-11-24-15-17(14-19(24)25)20(26)22-18-9-7-16(8-10-18)21(27)23-12-5-4-6-13-23/h7-10,17H,2-6,11-15H2,1H3,(H,22,26)/t17-/m0/s1. The number of amides is 3. The van der Waals surface area contributed by atoms with E-state index in [0.29, 0.717) is 17.8 Å². The number of carbonyl (C=O) groups is 3. The molecule has 2 aliphatic heterocycles. The van der Waals surface area contributed by atoms with E-state index in [0.717, 1.165) is 45.3 Å². The third-order valence-corrected chi connectivity index (χ3v) is 5.41. The molecule has 0 radical (unpaired) electrons. The summed E-state index contributed by atoms with van der Waals surface area (Å²) in [6.07, 6.45) is 5.59. The van der Waals surface area contributed by atoms with Crippen LogP contribution in [0.2, 0.25) is 0 Å². The molecule has 3 rings (SSSR count). The number of hydrogen-bond donors (Lipinski definition) is 1. The fourth-order valence-electron chi connectivity index (χ4n) is 3.73. The monoisotopic (exact) mass is 371 g/mol. The Hall–Kier alpha value is -2.37. The fraction of sp³-hybridized carbons (Fsp3) is 0.571. The van der Waals surface area contributed by atoms with Crippen molar-refractivity contribution in [2.75, 3.05) is 31.5 Å². The van der Waals surface area contributed by atoms with Crippen molar-refractivity contribution in [1.29, 1.82) is 0 Å². The average Bonchev–Trinajstić information content (AvgIpc) is 3.08. The van der Waals surface area contributed by atoms with E-state index in [2.05, 4.69) is 12.2 Å². The highest BCUT2D eigenvalue weighted by Gasteiger charge is 2.33. The van der Waals surface area contributed by atoms with Crippen LogP contribution in [0.25, 0.3) is 0 Å². The van der Waals surface area contributed by atoms with Crippen LogP contribution in [-0.2, 0) is 9.59 Å². The Morgan fingerprint density at radius 3 is 2.48 bits per heavy atom. The minimum absolute atomic E-state index is 0.0560. The molecule has 1 aromatic carbocycles. The van der Waals surface area contributed by atoms with Gasteiger partial charge in [0.15, 0.2) is 0 Å². The lowest BCUT2D eigenvalue weighted by molar-refractivity contribution is -0.128. The maximum atomic E-state index is 12.5. The summed E-state index contributed by atoms with van der Waals surface area (Å²) in [6.45, 7) is 4.95.